The lowest BCUT2D eigenvalue weighted by Gasteiger charge is -2.06. The fraction of sp³-hybridized carbons (Fsp3) is 0.343. The van der Waals surface area contributed by atoms with Crippen molar-refractivity contribution in [1.82, 2.24) is 0 Å². The first-order chi connectivity index (χ1) is 25.4. The second-order valence-electron chi connectivity index (χ2n) is 10.3. The number of allylic oxidation sites excluding steroid dienone is 5. The van der Waals surface area contributed by atoms with E-state index in [0.29, 0.717) is 13.0 Å². The van der Waals surface area contributed by atoms with Gasteiger partial charge < -0.3 is 4.74 Å². The number of esters is 1. The maximum atomic E-state index is 11.7. The minimum absolute atomic E-state index is 0.123. The van der Waals surface area contributed by atoms with E-state index in [9.17, 15) is 4.79 Å². The molecule has 0 fully saturated rings. The summed E-state index contributed by atoms with van der Waals surface area (Å²) in [4.78, 5) is 15.9. The van der Waals surface area contributed by atoms with Gasteiger partial charge in [-0.15, -0.1) is 58.8 Å². The molecule has 0 aliphatic carbocycles. The molecule has 1 aromatic carbocycles. The van der Waals surface area contributed by atoms with Crippen LogP contribution < -0.4 is 0 Å². The van der Waals surface area contributed by atoms with Crippen LogP contribution in [0.2, 0.25) is 0 Å². The zero-order valence-electron chi connectivity index (χ0n) is 28.8. The summed E-state index contributed by atoms with van der Waals surface area (Å²) in [5.41, 5.74) is 2.70. The number of hydrogen-bond donors (Lipinski definition) is 2. The zero-order chi connectivity index (χ0) is 36.9. The average molecular weight is 972 g/mol. The first kappa shape index (κ1) is 45.0. The Morgan fingerprint density at radius 2 is 1.06 bits per heavy atom. The summed E-state index contributed by atoms with van der Waals surface area (Å²) in [7, 11) is 0. The Morgan fingerprint density at radius 3 is 1.56 bits per heavy atom. The fourth-order valence-corrected chi connectivity index (χ4v) is 22.1. The molecule has 0 aromatic heterocycles. The molecule has 0 bridgehead atoms. The third-order valence-electron chi connectivity index (χ3n) is 6.81. The standard InChI is InChI=1S/C35H38O2S15/c1-5-23-24(17-38)46-27(45-23)11-13-30-50-33(41-4)35(52-30)44-20-22-9-7-21(8-10-22)19-43-31-25(18-39)47-28(48-31)12-14-29-49-32(40-3)34(51-29)42-16-15-26(36)37-6-2/h7-14,38-39H,5-6,15-20H2,1-4H3/b27-11?,28-12?,29-14-,30-13-. The molecule has 2 nitrogen and oxygen atoms in total. The van der Waals surface area contributed by atoms with E-state index < -0.39 is 0 Å². The molecule has 0 unspecified atom stereocenters. The van der Waals surface area contributed by atoms with E-state index >= 15 is 0 Å². The second kappa shape index (κ2) is 24.1. The van der Waals surface area contributed by atoms with Crippen LogP contribution in [0.1, 0.15) is 37.8 Å². The van der Waals surface area contributed by atoms with Gasteiger partial charge in [0, 0.05) is 47.7 Å². The number of rotatable bonds is 18. The van der Waals surface area contributed by atoms with Gasteiger partial charge in [0.05, 0.1) is 46.9 Å². The van der Waals surface area contributed by atoms with Crippen molar-refractivity contribution < 1.29 is 9.53 Å². The summed E-state index contributed by atoms with van der Waals surface area (Å²) in [5, 5.41) is 0. The van der Waals surface area contributed by atoms with E-state index in [0.717, 1.165) is 35.2 Å². The number of benzene rings is 1. The molecule has 0 spiro atoms. The normalized spacial score (nSPS) is 21.2. The van der Waals surface area contributed by atoms with E-state index in [-0.39, 0.29) is 5.97 Å². The maximum absolute atomic E-state index is 11.7. The molecular formula is C35H38O2S15. The summed E-state index contributed by atoms with van der Waals surface area (Å²) >= 11 is 33.4. The zero-order valence-corrected chi connectivity index (χ0v) is 41.2. The summed E-state index contributed by atoms with van der Waals surface area (Å²) in [6.07, 6.45) is 14.9. The van der Waals surface area contributed by atoms with E-state index in [4.69, 9.17) is 4.74 Å². The van der Waals surface area contributed by atoms with E-state index in [2.05, 4.69) is 93.3 Å². The molecular weight excluding hydrogens is 933 g/mol. The van der Waals surface area contributed by atoms with Crippen molar-refractivity contribution in [3.05, 3.63) is 113 Å². The molecule has 0 saturated heterocycles. The van der Waals surface area contributed by atoms with Gasteiger partial charge in [-0.3, -0.25) is 4.79 Å². The molecule has 0 saturated carbocycles. The van der Waals surface area contributed by atoms with Crippen molar-refractivity contribution in [2.75, 3.05) is 36.4 Å². The average Bonchev–Trinajstić information content (AvgIpc) is 3.96. The molecule has 0 N–H and O–H groups in total. The largest absolute Gasteiger partial charge is 0.466 e. The number of thiol groups is 2. The Kier molecular flexibility index (Phi) is 20.8. The van der Waals surface area contributed by atoms with Crippen LogP contribution in [0.4, 0.5) is 0 Å². The Balaban J connectivity index is 1.07. The first-order valence-electron chi connectivity index (χ1n) is 16.0. The quantitative estimate of drug-likeness (QED) is 0.108. The van der Waals surface area contributed by atoms with E-state index in [1.54, 1.807) is 23.5 Å². The van der Waals surface area contributed by atoms with Crippen LogP contribution in [0.5, 0.6) is 0 Å². The van der Waals surface area contributed by atoms with Gasteiger partial charge in [0.15, 0.2) is 0 Å². The highest BCUT2D eigenvalue weighted by atomic mass is 32.3. The van der Waals surface area contributed by atoms with Gasteiger partial charge in [-0.2, -0.15) is 25.3 Å². The molecule has 1 aromatic rings. The molecule has 17 heteroatoms. The van der Waals surface area contributed by atoms with Gasteiger partial charge in [-0.05, 0) is 61.3 Å². The van der Waals surface area contributed by atoms with Gasteiger partial charge in [0.1, 0.15) is 0 Å². The summed E-state index contributed by atoms with van der Waals surface area (Å²) in [6.45, 7) is 4.51. The monoisotopic (exact) mass is 970 g/mol. The molecule has 0 amide bonds. The molecule has 4 aliphatic heterocycles. The van der Waals surface area contributed by atoms with Crippen molar-refractivity contribution >= 4 is 184 Å². The van der Waals surface area contributed by atoms with Gasteiger partial charge in [-0.25, -0.2) is 0 Å². The SMILES string of the molecule is CCOC(=O)CCSC1=C(SC)S/C(=C/C=C2SC(CS)=C(SCc3ccc(CSC4=C(SC)S/C(=C/C=C5SC(CC)=C(CS)S5)S4)cc3)S2)S1. The van der Waals surface area contributed by atoms with Crippen molar-refractivity contribution in [3.63, 3.8) is 0 Å². The number of ether oxygens (including phenoxy) is 1. The number of carbonyl (C=O) groups is 1. The van der Waals surface area contributed by atoms with E-state index in [1.807, 2.05) is 136 Å². The van der Waals surface area contributed by atoms with Crippen LogP contribution in [0, 0.1) is 0 Å². The summed E-state index contributed by atoms with van der Waals surface area (Å²) in [6, 6.07) is 9.16. The lowest BCUT2D eigenvalue weighted by molar-refractivity contribution is -0.142. The summed E-state index contributed by atoms with van der Waals surface area (Å²) in [5.74, 6) is 4.10. The number of carbonyl (C=O) groups excluding carboxylic acids is 1. The van der Waals surface area contributed by atoms with Gasteiger partial charge in [0.25, 0.3) is 0 Å². The van der Waals surface area contributed by atoms with Crippen molar-refractivity contribution in [1.29, 1.82) is 0 Å². The minimum Gasteiger partial charge on any atom is -0.466 e. The highest BCUT2D eigenvalue weighted by Gasteiger charge is 2.24. The Bertz CT molecular complexity index is 1700. The van der Waals surface area contributed by atoms with Crippen LogP contribution in [0.3, 0.4) is 0 Å². The predicted octanol–water partition coefficient (Wildman–Crippen LogP) is 15.8. The molecule has 4 heterocycles. The van der Waals surface area contributed by atoms with E-state index in [1.165, 1.54) is 64.0 Å². The molecule has 5 rings (SSSR count). The van der Waals surface area contributed by atoms with Crippen molar-refractivity contribution in [3.8, 4) is 0 Å². The smallest absolute Gasteiger partial charge is 0.306 e. The van der Waals surface area contributed by atoms with Gasteiger partial charge >= 0.3 is 5.97 Å². The Morgan fingerprint density at radius 1 is 0.615 bits per heavy atom. The highest BCUT2D eigenvalue weighted by Crippen LogP contribution is 2.59. The summed E-state index contributed by atoms with van der Waals surface area (Å²) < 4.78 is 17.1. The third-order valence-corrected chi connectivity index (χ3v) is 25.3. The third kappa shape index (κ3) is 13.7. The number of thioether (sulfide) groups is 13. The topological polar surface area (TPSA) is 26.3 Å². The fourth-order valence-electron chi connectivity index (χ4n) is 4.34. The van der Waals surface area contributed by atoms with Gasteiger partial charge in [0.2, 0.25) is 0 Å². The number of hydrogen-bond acceptors (Lipinski definition) is 17. The lowest BCUT2D eigenvalue weighted by Crippen LogP contribution is -2.04. The lowest BCUT2D eigenvalue weighted by atomic mass is 10.2. The van der Waals surface area contributed by atoms with Crippen molar-refractivity contribution in [2.24, 2.45) is 0 Å². The van der Waals surface area contributed by atoms with Crippen LogP contribution in [0.15, 0.2) is 101 Å². The minimum atomic E-state index is -0.123. The Labute approximate surface area is 376 Å². The molecule has 52 heavy (non-hydrogen) atoms. The molecule has 0 atom stereocenters. The van der Waals surface area contributed by atoms with Crippen LogP contribution in [-0.2, 0) is 21.0 Å². The first-order valence-corrected chi connectivity index (χ1v) is 29.2. The predicted molar refractivity (Wildman–Crippen MR) is 269 cm³/mol. The van der Waals surface area contributed by atoms with Gasteiger partial charge in [-0.1, -0.05) is 125 Å². The highest BCUT2D eigenvalue weighted by molar-refractivity contribution is 8.41. The van der Waals surface area contributed by atoms with Crippen LogP contribution in [-0.4, -0.2) is 42.3 Å². The Hall–Kier alpha value is 1.86. The maximum Gasteiger partial charge on any atom is 0.306 e. The molecule has 4 aliphatic rings. The molecule has 280 valence electrons. The molecule has 0 radical (unpaired) electrons. The van der Waals surface area contributed by atoms with Crippen molar-refractivity contribution in [2.45, 2.75) is 38.2 Å². The van der Waals surface area contributed by atoms with Crippen LogP contribution in [0.25, 0.3) is 0 Å². The van der Waals surface area contributed by atoms with Crippen LogP contribution >= 0.6 is 178 Å². The second-order valence-corrected chi connectivity index (χ2v) is 26.7.